The van der Waals surface area contributed by atoms with Gasteiger partial charge in [-0.25, -0.2) is 15.0 Å². The van der Waals surface area contributed by atoms with E-state index in [1.165, 1.54) is 6.33 Å². The Labute approximate surface area is 210 Å². The molecule has 0 unspecified atom stereocenters. The number of aliphatic hydroxyl groups excluding tert-OH is 1. The predicted molar refractivity (Wildman–Crippen MR) is 140 cm³/mol. The van der Waals surface area contributed by atoms with Crippen molar-refractivity contribution in [2.24, 2.45) is 0 Å². The Morgan fingerprint density at radius 3 is 2.60 bits per heavy atom. The Morgan fingerprint density at radius 1 is 1.23 bits per heavy atom. The summed E-state index contributed by atoms with van der Waals surface area (Å²) >= 11 is 1.61. The van der Waals surface area contributed by atoms with Crippen LogP contribution >= 0.6 is 11.8 Å². The highest BCUT2D eigenvalue weighted by atomic mass is 32.2. The molecule has 11 heteroatoms. The van der Waals surface area contributed by atoms with Gasteiger partial charge in [0.1, 0.15) is 18.5 Å². The van der Waals surface area contributed by atoms with Crippen molar-refractivity contribution in [2.45, 2.75) is 63.4 Å². The zero-order valence-corrected chi connectivity index (χ0v) is 22.7. The van der Waals surface area contributed by atoms with Crippen LogP contribution in [-0.4, -0.2) is 69.2 Å². The lowest BCUT2D eigenvalue weighted by atomic mass is 10.1. The van der Waals surface area contributed by atoms with E-state index < -0.39 is 26.8 Å². The lowest BCUT2D eigenvalue weighted by Crippen LogP contribution is -2.48. The molecule has 0 aliphatic carbocycles. The molecule has 1 saturated heterocycles. The number of amides is 1. The second-order valence-corrected chi connectivity index (χ2v) is 15.9. The molecule has 0 bridgehead atoms. The van der Waals surface area contributed by atoms with Gasteiger partial charge in [-0.3, -0.25) is 9.36 Å². The summed E-state index contributed by atoms with van der Waals surface area (Å²) in [6.07, 6.45) is 2.60. The van der Waals surface area contributed by atoms with Gasteiger partial charge in [-0.05, 0) is 36.5 Å². The Balaban J connectivity index is 1.68. The molecule has 0 spiro atoms. The summed E-state index contributed by atoms with van der Waals surface area (Å²) in [5.74, 6) is 0.658. The van der Waals surface area contributed by atoms with Crippen molar-refractivity contribution >= 4 is 43.0 Å². The minimum Gasteiger partial charge on any atom is -0.407 e. The third-order valence-corrected chi connectivity index (χ3v) is 11.9. The average Bonchev–Trinajstić information content (AvgIpc) is 3.36. The van der Waals surface area contributed by atoms with Gasteiger partial charge in [0, 0.05) is 11.3 Å². The SMILES string of the molecule is CSC[C@H]1O[C@@H](n2cnc3c(NC(=O)c4ccccc4)ncnc32)[C@H](O[Si](C)(C)C(C)(C)C)[C@@H]1O. The molecule has 1 aliphatic heterocycles. The van der Waals surface area contributed by atoms with Crippen molar-refractivity contribution < 1.29 is 19.1 Å². The van der Waals surface area contributed by atoms with Crippen LogP contribution in [0.5, 0.6) is 0 Å². The van der Waals surface area contributed by atoms with Crippen LogP contribution in [0, 0.1) is 0 Å². The minimum absolute atomic E-state index is 0.0388. The molecule has 3 heterocycles. The molecule has 1 amide bonds. The van der Waals surface area contributed by atoms with Gasteiger partial charge in [0.15, 0.2) is 31.5 Å². The van der Waals surface area contributed by atoms with Crippen LogP contribution in [0.2, 0.25) is 18.1 Å². The lowest BCUT2D eigenvalue weighted by molar-refractivity contribution is -0.0247. The van der Waals surface area contributed by atoms with Crippen molar-refractivity contribution in [1.82, 2.24) is 19.5 Å². The molecule has 1 aliphatic rings. The molecular formula is C24H33N5O4SSi. The molecular weight excluding hydrogens is 482 g/mol. The molecule has 2 aromatic heterocycles. The molecule has 4 rings (SSSR count). The minimum atomic E-state index is -2.23. The molecule has 0 saturated carbocycles. The van der Waals surface area contributed by atoms with E-state index in [2.05, 4.69) is 54.1 Å². The number of hydrogen-bond acceptors (Lipinski definition) is 8. The average molecular weight is 516 g/mol. The molecule has 1 fully saturated rings. The largest absolute Gasteiger partial charge is 0.407 e. The number of carbonyl (C=O) groups excluding carboxylic acids is 1. The van der Waals surface area contributed by atoms with Crippen LogP contribution in [0.15, 0.2) is 43.0 Å². The number of thioether (sulfide) groups is 1. The number of aliphatic hydroxyl groups is 1. The van der Waals surface area contributed by atoms with Crippen LogP contribution in [0.1, 0.15) is 37.4 Å². The third-order valence-electron chi connectivity index (χ3n) is 6.78. The van der Waals surface area contributed by atoms with E-state index in [0.717, 1.165) is 0 Å². The number of nitrogens with one attached hydrogen (secondary N) is 1. The zero-order chi connectivity index (χ0) is 25.4. The lowest BCUT2D eigenvalue weighted by Gasteiger charge is -2.40. The summed E-state index contributed by atoms with van der Waals surface area (Å²) < 4.78 is 14.8. The second-order valence-electron chi connectivity index (χ2n) is 10.2. The predicted octanol–water partition coefficient (Wildman–Crippen LogP) is 4.09. The Kier molecular flexibility index (Phi) is 7.35. The summed E-state index contributed by atoms with van der Waals surface area (Å²) in [6.45, 7) is 10.8. The normalized spacial score (nSPS) is 23.1. The van der Waals surface area contributed by atoms with Gasteiger partial charge in [-0.1, -0.05) is 39.0 Å². The first-order valence-electron chi connectivity index (χ1n) is 11.6. The van der Waals surface area contributed by atoms with Crippen LogP contribution < -0.4 is 5.32 Å². The van der Waals surface area contributed by atoms with Crippen LogP contribution in [0.3, 0.4) is 0 Å². The van der Waals surface area contributed by atoms with E-state index in [1.54, 1.807) is 46.9 Å². The van der Waals surface area contributed by atoms with Crippen LogP contribution in [0.4, 0.5) is 5.82 Å². The second kappa shape index (κ2) is 9.98. The van der Waals surface area contributed by atoms with E-state index in [0.29, 0.717) is 28.3 Å². The van der Waals surface area contributed by atoms with E-state index in [-0.39, 0.29) is 17.0 Å². The van der Waals surface area contributed by atoms with Gasteiger partial charge < -0.3 is 19.6 Å². The summed E-state index contributed by atoms with van der Waals surface area (Å²) in [4.78, 5) is 25.9. The highest BCUT2D eigenvalue weighted by molar-refractivity contribution is 7.98. The van der Waals surface area contributed by atoms with Crippen molar-refractivity contribution in [3.8, 4) is 0 Å². The van der Waals surface area contributed by atoms with Crippen molar-refractivity contribution in [1.29, 1.82) is 0 Å². The maximum absolute atomic E-state index is 12.7. The molecule has 2 N–H and O–H groups in total. The smallest absolute Gasteiger partial charge is 0.256 e. The van der Waals surface area contributed by atoms with E-state index in [1.807, 2.05) is 12.3 Å². The summed E-state index contributed by atoms with van der Waals surface area (Å²) in [5, 5.41) is 14.0. The number of rotatable bonds is 7. The van der Waals surface area contributed by atoms with Gasteiger partial charge in [-0.15, -0.1) is 0 Å². The number of anilines is 1. The summed E-state index contributed by atoms with van der Waals surface area (Å²) in [5.41, 5.74) is 1.45. The number of hydrogen-bond donors (Lipinski definition) is 2. The first-order chi connectivity index (χ1) is 16.5. The number of benzene rings is 1. The topological polar surface area (TPSA) is 111 Å². The number of ether oxygens (including phenoxy) is 1. The van der Waals surface area contributed by atoms with E-state index in [9.17, 15) is 9.90 Å². The van der Waals surface area contributed by atoms with Crippen LogP contribution in [0.25, 0.3) is 11.2 Å². The van der Waals surface area contributed by atoms with Gasteiger partial charge >= 0.3 is 0 Å². The fraction of sp³-hybridized carbons (Fsp3) is 0.500. The van der Waals surface area contributed by atoms with Gasteiger partial charge in [0.2, 0.25) is 0 Å². The number of nitrogens with zero attached hydrogens (tertiary/aromatic N) is 4. The third kappa shape index (κ3) is 5.14. The fourth-order valence-corrected chi connectivity index (χ4v) is 5.68. The molecule has 1 aromatic carbocycles. The van der Waals surface area contributed by atoms with Gasteiger partial charge in [-0.2, -0.15) is 11.8 Å². The highest BCUT2D eigenvalue weighted by Gasteiger charge is 2.50. The van der Waals surface area contributed by atoms with Crippen molar-refractivity contribution in [3.05, 3.63) is 48.5 Å². The summed E-state index contributed by atoms with van der Waals surface area (Å²) in [6, 6.07) is 8.92. The molecule has 9 nitrogen and oxygen atoms in total. The van der Waals surface area contributed by atoms with Gasteiger partial charge in [0.25, 0.3) is 5.91 Å². The molecule has 188 valence electrons. The first-order valence-corrected chi connectivity index (χ1v) is 15.9. The Bertz CT molecular complexity index is 1180. The highest BCUT2D eigenvalue weighted by Crippen LogP contribution is 2.42. The molecule has 35 heavy (non-hydrogen) atoms. The number of aromatic nitrogens is 4. The maximum atomic E-state index is 12.7. The Hall–Kier alpha value is -2.31. The first kappa shape index (κ1) is 25.8. The summed E-state index contributed by atoms with van der Waals surface area (Å²) in [7, 11) is -2.23. The molecule has 0 radical (unpaired) electrons. The monoisotopic (exact) mass is 515 g/mol. The number of fused-ring (bicyclic) bond motifs is 1. The zero-order valence-electron chi connectivity index (χ0n) is 20.9. The van der Waals surface area contributed by atoms with E-state index >= 15 is 0 Å². The van der Waals surface area contributed by atoms with Crippen molar-refractivity contribution in [2.75, 3.05) is 17.3 Å². The van der Waals surface area contributed by atoms with Crippen LogP contribution in [-0.2, 0) is 9.16 Å². The standard InChI is InChI=1S/C24H33N5O4SSi/c1-24(2,3)35(5,6)33-19-18(30)16(12-34-4)32-23(19)29-14-27-17-20(25-13-26-21(17)29)28-22(31)15-10-8-7-9-11-15/h7-11,13-14,16,18-19,23,30H,12H2,1-6H3,(H,25,26,28,31)/t16-,18-,19-,23-/m1/s1. The van der Waals surface area contributed by atoms with E-state index in [4.69, 9.17) is 9.16 Å². The fourth-order valence-electron chi connectivity index (χ4n) is 3.79. The van der Waals surface area contributed by atoms with Gasteiger partial charge in [0.05, 0.1) is 12.4 Å². The maximum Gasteiger partial charge on any atom is 0.256 e. The molecule has 3 aromatic rings. The molecule has 4 atom stereocenters. The number of imidazole rings is 1. The number of carbonyl (C=O) groups is 1. The Morgan fingerprint density at radius 2 is 1.94 bits per heavy atom. The van der Waals surface area contributed by atoms with Crippen molar-refractivity contribution in [3.63, 3.8) is 0 Å². The quantitative estimate of drug-likeness (QED) is 0.453.